The number of anilines is 2. The van der Waals surface area contributed by atoms with Gasteiger partial charge in [0.15, 0.2) is 0 Å². The van der Waals surface area contributed by atoms with E-state index in [1.807, 2.05) is 23.1 Å². The number of nitrogens with one attached hydrogen (secondary N) is 3. The molecule has 0 spiro atoms. The Morgan fingerprint density at radius 2 is 1.64 bits per heavy atom. The smallest absolute Gasteiger partial charge is 0.253 e. The van der Waals surface area contributed by atoms with E-state index in [1.54, 1.807) is 37.4 Å². The minimum Gasteiger partial charge on any atom is -0.383 e. The Labute approximate surface area is 194 Å². The molecule has 0 saturated carbocycles. The average molecular weight is 453 g/mol. The summed E-state index contributed by atoms with van der Waals surface area (Å²) in [4.78, 5) is 39.1. The third-order valence-corrected chi connectivity index (χ3v) is 5.48. The highest BCUT2D eigenvalue weighted by Gasteiger charge is 2.17. The number of methoxy groups -OCH3 is 1. The molecular weight excluding hydrogens is 420 g/mol. The first-order chi connectivity index (χ1) is 16.1. The summed E-state index contributed by atoms with van der Waals surface area (Å²) in [5, 5.41) is 8.62. The highest BCUT2D eigenvalue weighted by Crippen LogP contribution is 2.16. The van der Waals surface area contributed by atoms with Crippen LogP contribution in [0, 0.1) is 0 Å². The zero-order valence-electron chi connectivity index (χ0n) is 19.1. The second kappa shape index (κ2) is 12.6. The van der Waals surface area contributed by atoms with Crippen molar-refractivity contribution < 1.29 is 19.1 Å². The molecule has 0 aliphatic carbocycles. The number of rotatable bonds is 9. The molecule has 8 nitrogen and oxygen atoms in total. The molecule has 176 valence electrons. The summed E-state index contributed by atoms with van der Waals surface area (Å²) in [5.74, 6) is -0.380. The molecule has 0 bridgehead atoms. The monoisotopic (exact) mass is 452 g/mol. The van der Waals surface area contributed by atoms with Crippen molar-refractivity contribution in [2.24, 2.45) is 0 Å². The first kappa shape index (κ1) is 24.3. The van der Waals surface area contributed by atoms with Gasteiger partial charge in [0, 0.05) is 49.2 Å². The van der Waals surface area contributed by atoms with Crippen LogP contribution >= 0.6 is 0 Å². The van der Waals surface area contributed by atoms with Crippen LogP contribution in [0.4, 0.5) is 11.4 Å². The molecule has 3 N–H and O–H groups in total. The van der Waals surface area contributed by atoms with Crippen LogP contribution in [0.1, 0.15) is 46.4 Å². The van der Waals surface area contributed by atoms with Gasteiger partial charge in [0.05, 0.1) is 13.2 Å². The number of likely N-dealkylation sites (tertiary alicyclic amines) is 1. The minimum absolute atomic E-state index is 0.0383. The molecule has 1 aliphatic heterocycles. The normalized spacial score (nSPS) is 13.7. The van der Waals surface area contributed by atoms with E-state index in [-0.39, 0.29) is 24.3 Å². The standard InChI is InChI=1S/C25H32N4O4/c1-33-16-13-26-24(31)19-9-11-21(12-10-19)28-23(30)18-27-22-8-6-7-20(17-22)25(32)29-14-4-2-3-5-15-29/h6-12,17,27H,2-5,13-16,18H2,1H3,(H,26,31)(H,28,30). The van der Waals surface area contributed by atoms with Gasteiger partial charge < -0.3 is 25.6 Å². The fourth-order valence-corrected chi connectivity index (χ4v) is 3.68. The van der Waals surface area contributed by atoms with Gasteiger partial charge in [-0.15, -0.1) is 0 Å². The zero-order chi connectivity index (χ0) is 23.5. The Kier molecular flexibility index (Phi) is 9.26. The lowest BCUT2D eigenvalue weighted by atomic mass is 10.1. The van der Waals surface area contributed by atoms with Crippen LogP contribution < -0.4 is 16.0 Å². The third kappa shape index (κ3) is 7.61. The van der Waals surface area contributed by atoms with Gasteiger partial charge in [-0.3, -0.25) is 14.4 Å². The number of ether oxygens (including phenoxy) is 1. The van der Waals surface area contributed by atoms with Gasteiger partial charge in [-0.2, -0.15) is 0 Å². The molecule has 1 saturated heterocycles. The minimum atomic E-state index is -0.225. The van der Waals surface area contributed by atoms with Gasteiger partial charge in [-0.1, -0.05) is 18.9 Å². The quantitative estimate of drug-likeness (QED) is 0.508. The largest absolute Gasteiger partial charge is 0.383 e. The fourth-order valence-electron chi connectivity index (χ4n) is 3.68. The van der Waals surface area contributed by atoms with Gasteiger partial charge in [-0.05, 0) is 55.3 Å². The summed E-state index contributed by atoms with van der Waals surface area (Å²) in [6.45, 7) is 2.53. The molecule has 2 aromatic carbocycles. The van der Waals surface area contributed by atoms with Crippen molar-refractivity contribution in [2.75, 3.05) is 50.5 Å². The molecule has 8 heteroatoms. The third-order valence-electron chi connectivity index (χ3n) is 5.48. The molecule has 3 amide bonds. The maximum Gasteiger partial charge on any atom is 0.253 e. The van der Waals surface area contributed by atoms with Crippen LogP contribution in [-0.4, -0.2) is 62.5 Å². The fraction of sp³-hybridized carbons (Fsp3) is 0.400. The van der Waals surface area contributed by atoms with E-state index in [9.17, 15) is 14.4 Å². The van der Waals surface area contributed by atoms with Crippen molar-refractivity contribution in [1.82, 2.24) is 10.2 Å². The van der Waals surface area contributed by atoms with Crippen LogP contribution in [0.15, 0.2) is 48.5 Å². The Morgan fingerprint density at radius 1 is 0.909 bits per heavy atom. The van der Waals surface area contributed by atoms with Crippen molar-refractivity contribution >= 4 is 29.1 Å². The van der Waals surface area contributed by atoms with Gasteiger partial charge in [0.2, 0.25) is 5.91 Å². The molecule has 2 aromatic rings. The van der Waals surface area contributed by atoms with Crippen LogP contribution in [0.3, 0.4) is 0 Å². The molecular formula is C25H32N4O4. The summed E-state index contributed by atoms with van der Waals surface area (Å²) in [7, 11) is 1.57. The Balaban J connectivity index is 1.49. The van der Waals surface area contributed by atoms with Gasteiger partial charge in [0.25, 0.3) is 11.8 Å². The predicted octanol–water partition coefficient (Wildman–Crippen LogP) is 3.13. The second-order valence-corrected chi connectivity index (χ2v) is 8.01. The van der Waals surface area contributed by atoms with Gasteiger partial charge in [-0.25, -0.2) is 0 Å². The van der Waals surface area contributed by atoms with E-state index < -0.39 is 0 Å². The molecule has 33 heavy (non-hydrogen) atoms. The second-order valence-electron chi connectivity index (χ2n) is 8.01. The Morgan fingerprint density at radius 3 is 2.33 bits per heavy atom. The number of benzene rings is 2. The molecule has 1 aliphatic rings. The van der Waals surface area contributed by atoms with Gasteiger partial charge >= 0.3 is 0 Å². The summed E-state index contributed by atoms with van der Waals surface area (Å²) in [5.41, 5.74) is 2.45. The van der Waals surface area contributed by atoms with E-state index in [1.165, 1.54) is 12.8 Å². The molecule has 0 atom stereocenters. The summed E-state index contributed by atoms with van der Waals surface area (Å²) < 4.78 is 4.91. The summed E-state index contributed by atoms with van der Waals surface area (Å²) in [6, 6.07) is 13.9. The predicted molar refractivity (Wildman–Crippen MR) is 129 cm³/mol. The molecule has 0 radical (unpaired) electrons. The van der Waals surface area contributed by atoms with Crippen LogP contribution in [0.2, 0.25) is 0 Å². The van der Waals surface area contributed by atoms with E-state index in [2.05, 4.69) is 16.0 Å². The van der Waals surface area contributed by atoms with Crippen molar-refractivity contribution in [1.29, 1.82) is 0 Å². The summed E-state index contributed by atoms with van der Waals surface area (Å²) in [6.07, 6.45) is 4.43. The topological polar surface area (TPSA) is 99.8 Å². The highest BCUT2D eigenvalue weighted by molar-refractivity contribution is 5.97. The number of amides is 3. The van der Waals surface area contributed by atoms with E-state index >= 15 is 0 Å². The lowest BCUT2D eigenvalue weighted by molar-refractivity contribution is -0.114. The maximum atomic E-state index is 12.8. The van der Waals surface area contributed by atoms with Crippen molar-refractivity contribution in [2.45, 2.75) is 25.7 Å². The number of carbonyl (C=O) groups excluding carboxylic acids is 3. The van der Waals surface area contributed by atoms with Crippen LogP contribution in [-0.2, 0) is 9.53 Å². The van der Waals surface area contributed by atoms with E-state index in [4.69, 9.17) is 4.74 Å². The Bertz CT molecular complexity index is 938. The lowest BCUT2D eigenvalue weighted by Crippen LogP contribution is -2.31. The molecule has 0 unspecified atom stereocenters. The number of carbonyl (C=O) groups is 3. The van der Waals surface area contributed by atoms with E-state index in [0.29, 0.717) is 35.7 Å². The number of nitrogens with zero attached hydrogens (tertiary/aromatic N) is 1. The summed E-state index contributed by atoms with van der Waals surface area (Å²) >= 11 is 0. The lowest BCUT2D eigenvalue weighted by Gasteiger charge is -2.20. The van der Waals surface area contributed by atoms with Gasteiger partial charge in [0.1, 0.15) is 0 Å². The molecule has 3 rings (SSSR count). The van der Waals surface area contributed by atoms with Crippen molar-refractivity contribution in [3.8, 4) is 0 Å². The Hall–Kier alpha value is -3.39. The average Bonchev–Trinajstić information content (AvgIpc) is 3.13. The SMILES string of the molecule is COCCNC(=O)c1ccc(NC(=O)CNc2cccc(C(=O)N3CCCCCC3)c2)cc1. The number of hydrogen-bond donors (Lipinski definition) is 3. The molecule has 0 aromatic heterocycles. The first-order valence-electron chi connectivity index (χ1n) is 11.4. The highest BCUT2D eigenvalue weighted by atomic mass is 16.5. The van der Waals surface area contributed by atoms with Crippen molar-refractivity contribution in [3.05, 3.63) is 59.7 Å². The molecule has 1 heterocycles. The zero-order valence-corrected chi connectivity index (χ0v) is 19.1. The van der Waals surface area contributed by atoms with Crippen LogP contribution in [0.25, 0.3) is 0 Å². The first-order valence-corrected chi connectivity index (χ1v) is 11.4. The maximum absolute atomic E-state index is 12.8. The van der Waals surface area contributed by atoms with Crippen LogP contribution in [0.5, 0.6) is 0 Å². The van der Waals surface area contributed by atoms with E-state index in [0.717, 1.165) is 25.9 Å². The van der Waals surface area contributed by atoms with Crippen molar-refractivity contribution in [3.63, 3.8) is 0 Å². The molecule has 1 fully saturated rings. The number of hydrogen-bond acceptors (Lipinski definition) is 5.